The molecule has 1 atom stereocenters. The lowest BCUT2D eigenvalue weighted by molar-refractivity contribution is 0.0798. The second kappa shape index (κ2) is 6.86. The van der Waals surface area contributed by atoms with Gasteiger partial charge in [0.15, 0.2) is 11.6 Å². The van der Waals surface area contributed by atoms with Gasteiger partial charge in [-0.1, -0.05) is 13.8 Å². The van der Waals surface area contributed by atoms with E-state index in [1.807, 2.05) is 20.8 Å². The minimum atomic E-state index is -1.08. The van der Waals surface area contributed by atoms with Gasteiger partial charge in [-0.2, -0.15) is 5.10 Å². The molecule has 0 spiro atoms. The average Bonchev–Trinajstić information content (AvgIpc) is 2.96. The normalized spacial score (nSPS) is 17.1. The van der Waals surface area contributed by atoms with Crippen LogP contribution in [-0.4, -0.2) is 45.9 Å². The molecule has 0 aliphatic carbocycles. The molecule has 0 saturated carbocycles. The van der Waals surface area contributed by atoms with Crippen molar-refractivity contribution < 1.29 is 18.7 Å². The number of hydrogen-bond acceptors (Lipinski definition) is 4. The number of amides is 1. The Balaban J connectivity index is 2.11. The molecule has 0 bridgehead atoms. The first-order valence-electron chi connectivity index (χ1n) is 8.54. The fourth-order valence-electron chi connectivity index (χ4n) is 3.53. The molecule has 2 heterocycles. The third-order valence-corrected chi connectivity index (χ3v) is 4.75. The molecular formula is C19H22F2N4O2. The van der Waals surface area contributed by atoms with Crippen LogP contribution < -0.4 is 5.32 Å². The Bertz CT molecular complexity index is 920. The molecule has 1 amide bonds. The van der Waals surface area contributed by atoms with Crippen LogP contribution in [0.25, 0.3) is 5.57 Å². The Hall–Kier alpha value is -2.58. The number of fused-ring (bicyclic) bond motifs is 1. The summed E-state index contributed by atoms with van der Waals surface area (Å²) in [7, 11) is 1.59. The molecule has 0 fully saturated rings. The largest absolute Gasteiger partial charge is 0.374 e. The van der Waals surface area contributed by atoms with Gasteiger partial charge in [-0.15, -0.1) is 0 Å². The van der Waals surface area contributed by atoms with Crippen LogP contribution in [0.1, 0.15) is 41.2 Å². The minimum absolute atomic E-state index is 0.0251. The minimum Gasteiger partial charge on any atom is -0.374 e. The molecule has 2 aromatic rings. The molecule has 1 aliphatic rings. The maximum atomic E-state index is 13.6. The number of benzene rings is 1. The molecular weight excluding hydrogens is 354 g/mol. The lowest BCUT2D eigenvalue weighted by Gasteiger charge is -2.29. The number of carbonyl (C=O) groups is 1. The number of aromatic nitrogens is 2. The number of nitrogens with one attached hydrogen (secondary N) is 2. The zero-order valence-electron chi connectivity index (χ0n) is 15.6. The number of likely N-dealkylation sites (N-methyl/N-ethyl adjacent to an activating group) is 1. The van der Waals surface area contributed by atoms with E-state index in [0.29, 0.717) is 11.3 Å². The first-order valence-corrected chi connectivity index (χ1v) is 8.54. The summed E-state index contributed by atoms with van der Waals surface area (Å²) in [6, 6.07) is 3.04. The highest BCUT2D eigenvalue weighted by Crippen LogP contribution is 2.37. The quantitative estimate of drug-likeness (QED) is 0.718. The van der Waals surface area contributed by atoms with Crippen molar-refractivity contribution in [1.82, 2.24) is 20.4 Å². The van der Waals surface area contributed by atoms with Crippen molar-refractivity contribution >= 4 is 11.5 Å². The van der Waals surface area contributed by atoms with Gasteiger partial charge in [0.05, 0.1) is 5.69 Å². The van der Waals surface area contributed by atoms with Crippen LogP contribution in [0, 0.1) is 18.6 Å². The van der Waals surface area contributed by atoms with E-state index in [0.717, 1.165) is 23.4 Å². The van der Waals surface area contributed by atoms with Crippen molar-refractivity contribution in [2.24, 2.45) is 0 Å². The van der Waals surface area contributed by atoms with E-state index in [1.165, 1.54) is 17.2 Å². The second-order valence-electron chi connectivity index (χ2n) is 7.29. The highest BCUT2D eigenvalue weighted by Gasteiger charge is 2.37. The fourth-order valence-corrected chi connectivity index (χ4v) is 3.53. The second-order valence-corrected chi connectivity index (χ2v) is 7.29. The van der Waals surface area contributed by atoms with Gasteiger partial charge in [-0.25, -0.2) is 8.78 Å². The topological polar surface area (TPSA) is 81.2 Å². The molecule has 27 heavy (non-hydrogen) atoms. The Morgan fingerprint density at radius 2 is 2.07 bits per heavy atom. The third-order valence-electron chi connectivity index (χ3n) is 4.75. The molecule has 1 aromatic heterocycles. The van der Waals surface area contributed by atoms with Crippen LogP contribution in [0.4, 0.5) is 8.78 Å². The summed E-state index contributed by atoms with van der Waals surface area (Å²) in [5.74, 6) is -2.59. The van der Waals surface area contributed by atoms with Gasteiger partial charge in [-0.3, -0.25) is 15.2 Å². The highest BCUT2D eigenvalue weighted by molar-refractivity contribution is 5.96. The van der Waals surface area contributed by atoms with Crippen LogP contribution in [-0.2, 0) is 5.41 Å². The van der Waals surface area contributed by atoms with Crippen LogP contribution in [0.3, 0.4) is 0 Å². The Kier molecular flexibility index (Phi) is 4.88. The van der Waals surface area contributed by atoms with E-state index in [-0.39, 0.29) is 12.1 Å². The zero-order chi connectivity index (χ0) is 19.9. The van der Waals surface area contributed by atoms with Crippen LogP contribution >= 0.6 is 0 Å². The SMILES string of the molecule is CNC(O)C1=CN(C(=O)c2ccc(F)c(F)c2)CC(C)(C)c2c1n[nH]c2C. The van der Waals surface area contributed by atoms with E-state index >= 15 is 0 Å². The number of aliphatic hydroxyl groups excluding tert-OH is 1. The van der Waals surface area contributed by atoms with Crippen LogP contribution in [0.5, 0.6) is 0 Å². The van der Waals surface area contributed by atoms with E-state index < -0.39 is 29.2 Å². The third kappa shape index (κ3) is 3.38. The number of hydrogen-bond donors (Lipinski definition) is 3. The molecule has 6 nitrogen and oxygen atoms in total. The number of aliphatic hydroxyl groups is 1. The number of nitrogens with zero attached hydrogens (tertiary/aromatic N) is 2. The summed E-state index contributed by atoms with van der Waals surface area (Å²) >= 11 is 0. The van der Waals surface area contributed by atoms with E-state index in [4.69, 9.17) is 0 Å². The average molecular weight is 376 g/mol. The van der Waals surface area contributed by atoms with Crippen LogP contribution in [0.2, 0.25) is 0 Å². The van der Waals surface area contributed by atoms with Gasteiger partial charge >= 0.3 is 0 Å². The van der Waals surface area contributed by atoms with Gasteiger partial charge in [0, 0.05) is 40.6 Å². The lowest BCUT2D eigenvalue weighted by Crippen LogP contribution is -2.37. The standard InChI is InChI=1S/C19H22F2N4O2/c1-10-15-16(24-23-10)12(17(26)22-4)8-25(9-19(15,2)3)18(27)11-5-6-13(20)14(21)7-11/h5-8,17,22,26H,9H2,1-4H3,(H,23,24). The highest BCUT2D eigenvalue weighted by atomic mass is 19.2. The molecule has 3 rings (SSSR count). The first kappa shape index (κ1) is 19.2. The van der Waals surface area contributed by atoms with E-state index in [2.05, 4.69) is 15.5 Å². The summed E-state index contributed by atoms with van der Waals surface area (Å²) in [5.41, 5.74) is 2.25. The summed E-state index contributed by atoms with van der Waals surface area (Å²) in [6.45, 7) is 6.08. The molecule has 1 unspecified atom stereocenters. The fraction of sp³-hybridized carbons (Fsp3) is 0.368. The molecule has 3 N–H and O–H groups in total. The number of halogens is 2. The summed E-state index contributed by atoms with van der Waals surface area (Å²) in [6.07, 6.45) is 0.458. The number of rotatable bonds is 3. The predicted octanol–water partition coefficient (Wildman–Crippen LogP) is 2.31. The Morgan fingerprint density at radius 1 is 1.37 bits per heavy atom. The van der Waals surface area contributed by atoms with Crippen molar-refractivity contribution in [3.05, 3.63) is 58.5 Å². The lowest BCUT2D eigenvalue weighted by atomic mass is 9.82. The molecule has 1 aliphatic heterocycles. The number of carbonyl (C=O) groups excluding carboxylic acids is 1. The van der Waals surface area contributed by atoms with Crippen molar-refractivity contribution in [1.29, 1.82) is 0 Å². The van der Waals surface area contributed by atoms with E-state index in [9.17, 15) is 18.7 Å². The first-order chi connectivity index (χ1) is 12.7. The smallest absolute Gasteiger partial charge is 0.257 e. The van der Waals surface area contributed by atoms with Gasteiger partial charge in [0.1, 0.15) is 6.23 Å². The van der Waals surface area contributed by atoms with E-state index in [1.54, 1.807) is 7.05 Å². The van der Waals surface area contributed by atoms with Crippen LogP contribution in [0.15, 0.2) is 24.4 Å². The monoisotopic (exact) mass is 376 g/mol. The predicted molar refractivity (Wildman–Crippen MR) is 96.8 cm³/mol. The van der Waals surface area contributed by atoms with Crippen molar-refractivity contribution in [2.75, 3.05) is 13.6 Å². The van der Waals surface area contributed by atoms with Gasteiger partial charge < -0.3 is 10.0 Å². The summed E-state index contributed by atoms with van der Waals surface area (Å²) in [4.78, 5) is 14.4. The van der Waals surface area contributed by atoms with Crippen molar-refractivity contribution in [2.45, 2.75) is 32.4 Å². The number of H-pyrrole nitrogens is 1. The summed E-state index contributed by atoms with van der Waals surface area (Å²) < 4.78 is 26.8. The molecule has 0 radical (unpaired) electrons. The van der Waals surface area contributed by atoms with Gasteiger partial charge in [0.25, 0.3) is 5.91 Å². The molecule has 1 aromatic carbocycles. The molecule has 144 valence electrons. The molecule has 8 heteroatoms. The number of aryl methyl sites for hydroxylation is 1. The van der Waals surface area contributed by atoms with Crippen molar-refractivity contribution in [3.63, 3.8) is 0 Å². The maximum Gasteiger partial charge on any atom is 0.257 e. The van der Waals surface area contributed by atoms with Gasteiger partial charge in [0.2, 0.25) is 0 Å². The maximum absolute atomic E-state index is 13.6. The number of aromatic amines is 1. The molecule has 0 saturated heterocycles. The summed E-state index contributed by atoms with van der Waals surface area (Å²) in [5, 5.41) is 20.4. The Morgan fingerprint density at radius 3 is 2.70 bits per heavy atom. The van der Waals surface area contributed by atoms with Gasteiger partial charge in [-0.05, 0) is 32.2 Å². The Labute approximate surface area is 155 Å². The van der Waals surface area contributed by atoms with Crippen molar-refractivity contribution in [3.8, 4) is 0 Å². The zero-order valence-corrected chi connectivity index (χ0v) is 15.6.